The van der Waals surface area contributed by atoms with Crippen LogP contribution in [0.2, 0.25) is 0 Å². The first-order valence-electron chi connectivity index (χ1n) is 8.37. The number of thiazole rings is 1. The molecule has 1 heterocycles. The highest BCUT2D eigenvalue weighted by Gasteiger charge is 2.23. The minimum absolute atomic E-state index is 0.637. The molecule has 0 amide bonds. The minimum atomic E-state index is 0.637. The minimum Gasteiger partial charge on any atom is -0.313 e. The Kier molecular flexibility index (Phi) is 6.50. The zero-order valence-corrected chi connectivity index (χ0v) is 14.2. The third-order valence-electron chi connectivity index (χ3n) is 4.59. The van der Waals surface area contributed by atoms with E-state index in [0.29, 0.717) is 6.04 Å². The first kappa shape index (κ1) is 16.0. The molecule has 0 spiro atoms. The number of hydrogen-bond acceptors (Lipinski definition) is 3. The van der Waals surface area contributed by atoms with Gasteiger partial charge in [-0.2, -0.15) is 0 Å². The Labute approximate surface area is 128 Å². The van der Waals surface area contributed by atoms with Gasteiger partial charge in [0, 0.05) is 17.3 Å². The number of aryl methyl sites for hydroxylation is 2. The van der Waals surface area contributed by atoms with Crippen molar-refractivity contribution in [1.29, 1.82) is 0 Å². The van der Waals surface area contributed by atoms with Crippen molar-refractivity contribution >= 4 is 11.3 Å². The molecule has 1 fully saturated rings. The van der Waals surface area contributed by atoms with Crippen LogP contribution < -0.4 is 5.32 Å². The summed E-state index contributed by atoms with van der Waals surface area (Å²) in [6.45, 7) is 7.73. The molecule has 0 saturated heterocycles. The lowest BCUT2D eigenvalue weighted by atomic mass is 9.90. The molecule has 1 aromatic heterocycles. The van der Waals surface area contributed by atoms with Crippen LogP contribution in [0.3, 0.4) is 0 Å². The number of nitrogens with one attached hydrogen (secondary N) is 1. The molecular weight excluding hydrogens is 264 g/mol. The van der Waals surface area contributed by atoms with E-state index in [1.165, 1.54) is 60.5 Å². The molecule has 1 aliphatic carbocycles. The zero-order chi connectivity index (χ0) is 14.4. The second-order valence-electron chi connectivity index (χ2n) is 6.27. The molecular formula is C17H30N2S. The van der Waals surface area contributed by atoms with Crippen molar-refractivity contribution in [2.75, 3.05) is 6.54 Å². The molecule has 1 N–H and O–H groups in total. The molecule has 2 rings (SSSR count). The summed E-state index contributed by atoms with van der Waals surface area (Å²) in [6.07, 6.45) is 10.9. The molecule has 0 aliphatic heterocycles. The summed E-state index contributed by atoms with van der Waals surface area (Å²) >= 11 is 1.89. The van der Waals surface area contributed by atoms with Crippen molar-refractivity contribution in [2.24, 2.45) is 5.92 Å². The van der Waals surface area contributed by atoms with Gasteiger partial charge in [0.2, 0.25) is 0 Å². The summed E-state index contributed by atoms with van der Waals surface area (Å²) in [5.41, 5.74) is 1.22. The maximum atomic E-state index is 4.75. The number of nitrogens with zero attached hydrogens (tertiary/aromatic N) is 1. The van der Waals surface area contributed by atoms with Crippen LogP contribution in [0.15, 0.2) is 0 Å². The van der Waals surface area contributed by atoms with Crippen LogP contribution in [0.5, 0.6) is 0 Å². The van der Waals surface area contributed by atoms with Gasteiger partial charge in [-0.25, -0.2) is 4.98 Å². The van der Waals surface area contributed by atoms with Crippen molar-refractivity contribution in [3.8, 4) is 0 Å². The number of rotatable bonds is 6. The second kappa shape index (κ2) is 8.14. The van der Waals surface area contributed by atoms with Crippen LogP contribution in [-0.4, -0.2) is 17.6 Å². The van der Waals surface area contributed by atoms with Crippen molar-refractivity contribution in [3.63, 3.8) is 0 Å². The monoisotopic (exact) mass is 294 g/mol. The lowest BCUT2D eigenvalue weighted by Gasteiger charge is -2.26. The van der Waals surface area contributed by atoms with Gasteiger partial charge in [0.15, 0.2) is 0 Å². The number of aromatic nitrogens is 1. The lowest BCUT2D eigenvalue weighted by molar-refractivity contribution is 0.317. The molecule has 114 valence electrons. The largest absolute Gasteiger partial charge is 0.313 e. The van der Waals surface area contributed by atoms with E-state index in [1.807, 2.05) is 11.3 Å². The average molecular weight is 295 g/mol. The van der Waals surface area contributed by atoms with E-state index in [1.54, 1.807) is 0 Å². The molecule has 20 heavy (non-hydrogen) atoms. The summed E-state index contributed by atoms with van der Waals surface area (Å²) in [5.74, 6) is 0.855. The van der Waals surface area contributed by atoms with Crippen LogP contribution in [0.25, 0.3) is 0 Å². The third kappa shape index (κ3) is 4.56. The van der Waals surface area contributed by atoms with Gasteiger partial charge in [0.1, 0.15) is 0 Å². The van der Waals surface area contributed by atoms with E-state index in [-0.39, 0.29) is 0 Å². The smallest absolute Gasteiger partial charge is 0.0946 e. The van der Waals surface area contributed by atoms with Gasteiger partial charge in [-0.1, -0.05) is 32.6 Å². The summed E-state index contributed by atoms with van der Waals surface area (Å²) in [5, 5.41) is 5.14. The standard InChI is InChI=1S/C17H30N2S/c1-4-11-18-16(15-9-7-5-6-8-10-15)12-17-19-13(2)14(3)20-17/h15-16,18H,4-12H2,1-3H3. The van der Waals surface area contributed by atoms with Gasteiger partial charge in [-0.05, 0) is 45.6 Å². The first-order valence-corrected chi connectivity index (χ1v) is 9.18. The topological polar surface area (TPSA) is 24.9 Å². The van der Waals surface area contributed by atoms with Crippen molar-refractivity contribution in [2.45, 2.75) is 78.2 Å². The average Bonchev–Trinajstić information content (AvgIpc) is 2.66. The van der Waals surface area contributed by atoms with Gasteiger partial charge in [0.25, 0.3) is 0 Å². The molecule has 0 radical (unpaired) electrons. The van der Waals surface area contributed by atoms with Crippen LogP contribution in [0.1, 0.15) is 67.4 Å². The maximum Gasteiger partial charge on any atom is 0.0946 e. The Balaban J connectivity index is 2.01. The molecule has 3 heteroatoms. The Morgan fingerprint density at radius 1 is 1.20 bits per heavy atom. The fourth-order valence-corrected chi connectivity index (χ4v) is 4.26. The Morgan fingerprint density at radius 3 is 2.45 bits per heavy atom. The summed E-state index contributed by atoms with van der Waals surface area (Å²) in [4.78, 5) is 6.14. The van der Waals surface area contributed by atoms with E-state index in [4.69, 9.17) is 4.98 Å². The van der Waals surface area contributed by atoms with E-state index < -0.39 is 0 Å². The quantitative estimate of drug-likeness (QED) is 0.773. The van der Waals surface area contributed by atoms with Crippen LogP contribution >= 0.6 is 11.3 Å². The van der Waals surface area contributed by atoms with E-state index >= 15 is 0 Å². The highest BCUT2D eigenvalue weighted by atomic mass is 32.1. The maximum absolute atomic E-state index is 4.75. The Hall–Kier alpha value is -0.410. The summed E-state index contributed by atoms with van der Waals surface area (Å²) in [6, 6.07) is 0.637. The number of hydrogen-bond donors (Lipinski definition) is 1. The van der Waals surface area contributed by atoms with Crippen LogP contribution in [0, 0.1) is 19.8 Å². The molecule has 1 unspecified atom stereocenters. The second-order valence-corrected chi connectivity index (χ2v) is 7.55. The predicted octanol–water partition coefficient (Wildman–Crippen LogP) is 4.64. The van der Waals surface area contributed by atoms with E-state index in [2.05, 4.69) is 26.1 Å². The highest BCUT2D eigenvalue weighted by Crippen LogP contribution is 2.28. The van der Waals surface area contributed by atoms with E-state index in [9.17, 15) is 0 Å². The lowest BCUT2D eigenvalue weighted by Crippen LogP contribution is -2.38. The first-order chi connectivity index (χ1) is 9.70. The molecule has 1 saturated carbocycles. The van der Waals surface area contributed by atoms with Gasteiger partial charge >= 0.3 is 0 Å². The van der Waals surface area contributed by atoms with Gasteiger partial charge in [0.05, 0.1) is 10.7 Å². The fourth-order valence-electron chi connectivity index (χ4n) is 3.26. The molecule has 1 aromatic rings. The van der Waals surface area contributed by atoms with Crippen molar-refractivity contribution < 1.29 is 0 Å². The third-order valence-corrected chi connectivity index (χ3v) is 5.69. The summed E-state index contributed by atoms with van der Waals surface area (Å²) in [7, 11) is 0. The molecule has 0 bridgehead atoms. The molecule has 1 atom stereocenters. The van der Waals surface area contributed by atoms with Crippen LogP contribution in [0.4, 0.5) is 0 Å². The van der Waals surface area contributed by atoms with Gasteiger partial charge in [-0.15, -0.1) is 11.3 Å². The molecule has 1 aliphatic rings. The van der Waals surface area contributed by atoms with E-state index in [0.717, 1.165) is 18.9 Å². The SMILES string of the molecule is CCCNC(Cc1nc(C)c(C)s1)C1CCCCCC1. The molecule has 0 aromatic carbocycles. The predicted molar refractivity (Wildman–Crippen MR) is 88.6 cm³/mol. The van der Waals surface area contributed by atoms with Gasteiger partial charge in [-0.3, -0.25) is 0 Å². The summed E-state index contributed by atoms with van der Waals surface area (Å²) < 4.78 is 0. The molecule has 2 nitrogen and oxygen atoms in total. The van der Waals surface area contributed by atoms with Crippen molar-refractivity contribution in [3.05, 3.63) is 15.6 Å². The Bertz CT molecular complexity index is 372. The zero-order valence-electron chi connectivity index (χ0n) is 13.4. The Morgan fingerprint density at radius 2 is 1.90 bits per heavy atom. The highest BCUT2D eigenvalue weighted by molar-refractivity contribution is 7.11. The fraction of sp³-hybridized carbons (Fsp3) is 0.824. The van der Waals surface area contributed by atoms with Crippen LogP contribution in [-0.2, 0) is 6.42 Å². The van der Waals surface area contributed by atoms with Gasteiger partial charge < -0.3 is 5.32 Å². The van der Waals surface area contributed by atoms with Crippen molar-refractivity contribution in [1.82, 2.24) is 10.3 Å². The normalized spacial score (nSPS) is 18.9.